The lowest BCUT2D eigenvalue weighted by Crippen LogP contribution is -2.25. The van der Waals surface area contributed by atoms with Crippen LogP contribution in [0.3, 0.4) is 0 Å². The van der Waals surface area contributed by atoms with E-state index >= 15 is 0 Å². The Labute approximate surface area is 145 Å². The van der Waals surface area contributed by atoms with Gasteiger partial charge in [-0.25, -0.2) is 12.8 Å². The van der Waals surface area contributed by atoms with E-state index in [4.69, 9.17) is 11.6 Å². The van der Waals surface area contributed by atoms with Crippen LogP contribution in [0.1, 0.15) is 17.5 Å². The third-order valence-corrected chi connectivity index (χ3v) is 5.34. The minimum Gasteiger partial charge on any atom is -0.352 e. The van der Waals surface area contributed by atoms with Gasteiger partial charge in [0.2, 0.25) is 5.91 Å². The number of amides is 1. The van der Waals surface area contributed by atoms with Crippen LogP contribution in [0.25, 0.3) is 0 Å². The molecular weight excluding hydrogens is 353 g/mol. The SMILES string of the molecule is O=C(CCS(=O)(=O)Cc1ccc(F)cc1)NCc1ccccc1Cl. The first-order chi connectivity index (χ1) is 11.4. The van der Waals surface area contributed by atoms with Crippen molar-refractivity contribution < 1.29 is 17.6 Å². The number of benzene rings is 2. The predicted molar refractivity (Wildman–Crippen MR) is 91.8 cm³/mol. The van der Waals surface area contributed by atoms with Crippen LogP contribution in [0.4, 0.5) is 4.39 Å². The summed E-state index contributed by atoms with van der Waals surface area (Å²) >= 11 is 5.98. The van der Waals surface area contributed by atoms with E-state index in [-0.39, 0.29) is 30.4 Å². The summed E-state index contributed by atoms with van der Waals surface area (Å²) in [5.74, 6) is -1.27. The fourth-order valence-electron chi connectivity index (χ4n) is 2.08. The van der Waals surface area contributed by atoms with Gasteiger partial charge in [0.15, 0.2) is 9.84 Å². The van der Waals surface area contributed by atoms with Gasteiger partial charge in [0.05, 0.1) is 11.5 Å². The lowest BCUT2D eigenvalue weighted by atomic mass is 10.2. The van der Waals surface area contributed by atoms with Crippen LogP contribution < -0.4 is 5.32 Å². The third kappa shape index (κ3) is 5.94. The summed E-state index contributed by atoms with van der Waals surface area (Å²) in [4.78, 5) is 11.8. The zero-order valence-corrected chi connectivity index (χ0v) is 14.4. The van der Waals surface area contributed by atoms with E-state index in [1.54, 1.807) is 24.3 Å². The molecule has 128 valence electrons. The number of carbonyl (C=O) groups is 1. The van der Waals surface area contributed by atoms with Crippen molar-refractivity contribution in [2.45, 2.75) is 18.7 Å². The van der Waals surface area contributed by atoms with Crippen LogP contribution in [0.2, 0.25) is 5.02 Å². The predicted octanol–water partition coefficient (Wildman–Crippen LogP) is 3.10. The molecule has 0 fully saturated rings. The van der Waals surface area contributed by atoms with Gasteiger partial charge in [-0.2, -0.15) is 0 Å². The molecule has 0 aliphatic rings. The smallest absolute Gasteiger partial charge is 0.221 e. The first-order valence-corrected chi connectivity index (χ1v) is 9.51. The number of nitrogens with one attached hydrogen (secondary N) is 1. The number of hydrogen-bond donors (Lipinski definition) is 1. The second-order valence-corrected chi connectivity index (χ2v) is 7.93. The number of sulfone groups is 1. The van der Waals surface area contributed by atoms with Crippen molar-refractivity contribution in [1.29, 1.82) is 0 Å². The summed E-state index contributed by atoms with van der Waals surface area (Å²) in [6, 6.07) is 12.4. The Morgan fingerprint density at radius 1 is 1.08 bits per heavy atom. The summed E-state index contributed by atoms with van der Waals surface area (Å²) in [5.41, 5.74) is 1.26. The van der Waals surface area contributed by atoms with E-state index in [0.29, 0.717) is 10.6 Å². The Morgan fingerprint density at radius 3 is 2.42 bits per heavy atom. The summed E-state index contributed by atoms with van der Waals surface area (Å²) in [5, 5.41) is 3.19. The lowest BCUT2D eigenvalue weighted by Gasteiger charge is -2.08. The maximum Gasteiger partial charge on any atom is 0.221 e. The lowest BCUT2D eigenvalue weighted by molar-refractivity contribution is -0.120. The van der Waals surface area contributed by atoms with Crippen molar-refractivity contribution in [3.63, 3.8) is 0 Å². The monoisotopic (exact) mass is 369 g/mol. The molecule has 1 N–H and O–H groups in total. The molecule has 0 aromatic heterocycles. The topological polar surface area (TPSA) is 63.2 Å². The molecule has 0 spiro atoms. The van der Waals surface area contributed by atoms with Crippen LogP contribution in [0.15, 0.2) is 48.5 Å². The Kier molecular flexibility index (Phi) is 6.34. The van der Waals surface area contributed by atoms with Crippen LogP contribution in [0, 0.1) is 5.82 Å². The maximum absolute atomic E-state index is 12.8. The third-order valence-electron chi connectivity index (χ3n) is 3.37. The molecule has 0 radical (unpaired) electrons. The van der Waals surface area contributed by atoms with Gasteiger partial charge in [0.25, 0.3) is 0 Å². The van der Waals surface area contributed by atoms with Gasteiger partial charge < -0.3 is 5.32 Å². The van der Waals surface area contributed by atoms with Crippen molar-refractivity contribution >= 4 is 27.3 Å². The molecule has 0 atom stereocenters. The largest absolute Gasteiger partial charge is 0.352 e. The molecule has 7 heteroatoms. The number of hydrogen-bond acceptors (Lipinski definition) is 3. The summed E-state index contributed by atoms with van der Waals surface area (Å²) in [6.07, 6.45) is -0.131. The molecule has 2 aromatic rings. The highest BCUT2D eigenvalue weighted by Crippen LogP contribution is 2.14. The number of carbonyl (C=O) groups excluding carboxylic acids is 1. The molecule has 0 aliphatic carbocycles. The van der Waals surface area contributed by atoms with Crippen LogP contribution in [-0.4, -0.2) is 20.1 Å². The molecule has 4 nitrogen and oxygen atoms in total. The average molecular weight is 370 g/mol. The summed E-state index contributed by atoms with van der Waals surface area (Å²) < 4.78 is 36.9. The van der Waals surface area contributed by atoms with Gasteiger partial charge in [-0.3, -0.25) is 4.79 Å². The molecule has 0 unspecified atom stereocenters. The Morgan fingerprint density at radius 2 is 1.75 bits per heavy atom. The molecular formula is C17H17ClFNO3S. The second kappa shape index (κ2) is 8.26. The van der Waals surface area contributed by atoms with E-state index in [9.17, 15) is 17.6 Å². The van der Waals surface area contributed by atoms with Crippen LogP contribution >= 0.6 is 11.6 Å². The maximum atomic E-state index is 12.8. The fraction of sp³-hybridized carbons (Fsp3) is 0.235. The highest BCUT2D eigenvalue weighted by molar-refractivity contribution is 7.90. The Bertz CT molecular complexity index is 807. The van der Waals surface area contributed by atoms with Gasteiger partial charge in [-0.1, -0.05) is 41.9 Å². The van der Waals surface area contributed by atoms with Crippen LogP contribution in [0.5, 0.6) is 0 Å². The van der Waals surface area contributed by atoms with E-state index < -0.39 is 15.7 Å². The molecule has 24 heavy (non-hydrogen) atoms. The molecule has 2 aromatic carbocycles. The van der Waals surface area contributed by atoms with Crippen molar-refractivity contribution in [3.8, 4) is 0 Å². The van der Waals surface area contributed by atoms with Crippen molar-refractivity contribution in [2.24, 2.45) is 0 Å². The molecule has 0 bridgehead atoms. The highest BCUT2D eigenvalue weighted by Gasteiger charge is 2.15. The minimum absolute atomic E-state index is 0.131. The van der Waals surface area contributed by atoms with Crippen molar-refractivity contribution in [3.05, 3.63) is 70.5 Å². The zero-order valence-electron chi connectivity index (χ0n) is 12.8. The van der Waals surface area contributed by atoms with E-state index in [1.807, 2.05) is 0 Å². The van der Waals surface area contributed by atoms with Crippen molar-refractivity contribution in [1.82, 2.24) is 5.32 Å². The molecule has 0 aliphatic heterocycles. The van der Waals surface area contributed by atoms with E-state index in [2.05, 4.69) is 5.32 Å². The first-order valence-electron chi connectivity index (χ1n) is 7.31. The quantitative estimate of drug-likeness (QED) is 0.815. The average Bonchev–Trinajstić information content (AvgIpc) is 2.54. The molecule has 0 saturated heterocycles. The molecule has 2 rings (SSSR count). The Hall–Kier alpha value is -1.92. The molecule has 1 amide bonds. The normalized spacial score (nSPS) is 11.2. The van der Waals surface area contributed by atoms with E-state index in [1.165, 1.54) is 24.3 Å². The standard InChI is InChI=1S/C17H17ClFNO3S/c18-16-4-2-1-3-14(16)11-20-17(21)9-10-24(22,23)12-13-5-7-15(19)8-6-13/h1-8H,9-12H2,(H,20,21). The highest BCUT2D eigenvalue weighted by atomic mass is 35.5. The zero-order chi connectivity index (χ0) is 17.6. The molecule has 0 saturated carbocycles. The van der Waals surface area contributed by atoms with Crippen LogP contribution in [-0.2, 0) is 26.9 Å². The van der Waals surface area contributed by atoms with Gasteiger partial charge in [0, 0.05) is 18.0 Å². The number of halogens is 2. The van der Waals surface area contributed by atoms with Crippen molar-refractivity contribution in [2.75, 3.05) is 5.75 Å². The first kappa shape index (κ1) is 18.4. The van der Waals surface area contributed by atoms with Gasteiger partial charge in [-0.15, -0.1) is 0 Å². The molecule has 0 heterocycles. The van der Waals surface area contributed by atoms with Gasteiger partial charge in [-0.05, 0) is 29.3 Å². The minimum atomic E-state index is -3.44. The second-order valence-electron chi connectivity index (χ2n) is 5.34. The van der Waals surface area contributed by atoms with Gasteiger partial charge >= 0.3 is 0 Å². The number of rotatable bonds is 7. The van der Waals surface area contributed by atoms with Gasteiger partial charge in [0.1, 0.15) is 5.82 Å². The van der Waals surface area contributed by atoms with E-state index in [0.717, 1.165) is 5.56 Å². The summed E-state index contributed by atoms with van der Waals surface area (Å²) in [7, 11) is -3.44. The fourth-order valence-corrected chi connectivity index (χ4v) is 3.62. The summed E-state index contributed by atoms with van der Waals surface area (Å²) in [6.45, 7) is 0.247. The Balaban J connectivity index is 1.82.